The van der Waals surface area contributed by atoms with E-state index in [2.05, 4.69) is 29.9 Å². The molecule has 18 heavy (non-hydrogen) atoms. The van der Waals surface area contributed by atoms with E-state index in [1.807, 2.05) is 0 Å². The number of ether oxygens (including phenoxy) is 1. The molecule has 0 aliphatic carbocycles. The second-order valence-electron chi connectivity index (χ2n) is 3.93. The zero-order valence-corrected chi connectivity index (χ0v) is 13.9. The molecule has 1 radical (unpaired) electrons. The van der Waals surface area contributed by atoms with E-state index in [0.29, 0.717) is 24.1 Å². The van der Waals surface area contributed by atoms with Crippen LogP contribution in [0.1, 0.15) is 25.3 Å². The minimum atomic E-state index is 0. The minimum absolute atomic E-state index is 0. The normalized spacial score (nSPS) is 11.7. The third-order valence-corrected chi connectivity index (χ3v) is 2.14. The Kier molecular flexibility index (Phi) is 8.85. The van der Waals surface area contributed by atoms with Gasteiger partial charge in [0.25, 0.3) is 0 Å². The summed E-state index contributed by atoms with van der Waals surface area (Å²) in [7, 11) is 1.69. The topological polar surface area (TPSA) is 60.5 Å². The van der Waals surface area contributed by atoms with Gasteiger partial charge in [0.15, 0.2) is 0 Å². The number of hydrogen-bond donors (Lipinski definition) is 1. The molecule has 0 atom stereocenters. The number of allylic oxidation sites excluding steroid dienone is 1. The Morgan fingerprint density at radius 1 is 1.61 bits per heavy atom. The SMILES string of the molecule is CN=C/C=C(\N)COc1c[c-]c(C(C)C)cn1.[Y]. The van der Waals surface area contributed by atoms with Crippen molar-refractivity contribution >= 4 is 6.21 Å². The van der Waals surface area contributed by atoms with Gasteiger partial charge in [-0.2, -0.15) is 6.07 Å². The van der Waals surface area contributed by atoms with E-state index in [1.54, 1.807) is 31.6 Å². The number of rotatable bonds is 5. The van der Waals surface area contributed by atoms with E-state index < -0.39 is 0 Å². The molecular weight excluding hydrogens is 303 g/mol. The first-order valence-corrected chi connectivity index (χ1v) is 5.50. The smallest absolute Gasteiger partial charge is 0.113 e. The van der Waals surface area contributed by atoms with Crippen LogP contribution in [0.2, 0.25) is 0 Å². The van der Waals surface area contributed by atoms with Crippen molar-refractivity contribution in [1.29, 1.82) is 0 Å². The van der Waals surface area contributed by atoms with Crippen LogP contribution < -0.4 is 10.5 Å². The van der Waals surface area contributed by atoms with Gasteiger partial charge in [-0.3, -0.25) is 4.99 Å². The summed E-state index contributed by atoms with van der Waals surface area (Å²) in [5.74, 6) is 0.946. The van der Waals surface area contributed by atoms with Crippen molar-refractivity contribution < 1.29 is 37.4 Å². The van der Waals surface area contributed by atoms with Gasteiger partial charge in [0.2, 0.25) is 0 Å². The van der Waals surface area contributed by atoms with Gasteiger partial charge in [-0.05, 0) is 12.0 Å². The first kappa shape index (κ1) is 17.3. The van der Waals surface area contributed by atoms with Crippen LogP contribution in [0, 0.1) is 6.07 Å². The van der Waals surface area contributed by atoms with Gasteiger partial charge < -0.3 is 15.5 Å². The fraction of sp³-hybridized carbons (Fsp3) is 0.385. The third-order valence-electron chi connectivity index (χ3n) is 2.14. The van der Waals surface area contributed by atoms with Crippen molar-refractivity contribution in [3.63, 3.8) is 0 Å². The van der Waals surface area contributed by atoms with Crippen LogP contribution in [0.4, 0.5) is 0 Å². The van der Waals surface area contributed by atoms with Gasteiger partial charge in [0.05, 0.1) is 5.88 Å². The van der Waals surface area contributed by atoms with Gasteiger partial charge in [0.1, 0.15) is 6.61 Å². The van der Waals surface area contributed by atoms with Crippen LogP contribution in [0.5, 0.6) is 5.88 Å². The van der Waals surface area contributed by atoms with Crippen molar-refractivity contribution in [1.82, 2.24) is 4.98 Å². The summed E-state index contributed by atoms with van der Waals surface area (Å²) < 4.78 is 5.40. The molecule has 0 aliphatic heterocycles. The standard InChI is InChI=1S/C13H18N3O.Y/c1-10(2)11-4-5-13(16-8-11)17-9-12(14)6-7-15-3;/h5-8,10H,9,14H2,1-3H3;/q-1;/b12-6-,15-7?;. The zero-order chi connectivity index (χ0) is 12.7. The molecule has 0 amide bonds. The maximum atomic E-state index is 5.69. The fourth-order valence-electron chi connectivity index (χ4n) is 1.12. The number of aliphatic imine (C=N–C) groups is 1. The van der Waals surface area contributed by atoms with Crippen LogP contribution in [-0.4, -0.2) is 24.9 Å². The fourth-order valence-corrected chi connectivity index (χ4v) is 1.12. The molecule has 1 rings (SSSR count). The molecule has 0 unspecified atom stereocenters. The number of nitrogens with two attached hydrogens (primary N) is 1. The number of nitrogens with zero attached hydrogens (tertiary/aromatic N) is 2. The Morgan fingerprint density at radius 2 is 2.33 bits per heavy atom. The van der Waals surface area contributed by atoms with Crippen LogP contribution in [0.25, 0.3) is 0 Å². The first-order chi connectivity index (χ1) is 8.13. The molecule has 0 aromatic carbocycles. The molecule has 1 aromatic heterocycles. The van der Waals surface area contributed by atoms with Crippen LogP contribution >= 0.6 is 0 Å². The molecular formula is C13H18N3OY-. The summed E-state index contributed by atoms with van der Waals surface area (Å²) >= 11 is 0. The number of pyridine rings is 1. The van der Waals surface area contributed by atoms with E-state index in [-0.39, 0.29) is 32.7 Å². The van der Waals surface area contributed by atoms with Gasteiger partial charge >= 0.3 is 0 Å². The molecule has 5 heteroatoms. The van der Waals surface area contributed by atoms with Crippen LogP contribution in [0.3, 0.4) is 0 Å². The average molecular weight is 321 g/mol. The van der Waals surface area contributed by atoms with Gasteiger partial charge in [-0.25, -0.2) is 0 Å². The monoisotopic (exact) mass is 321 g/mol. The Balaban J connectivity index is 0.00000289. The molecule has 1 aromatic rings. The molecule has 0 fully saturated rings. The maximum Gasteiger partial charge on any atom is 0.113 e. The zero-order valence-electron chi connectivity index (χ0n) is 11.1. The summed E-state index contributed by atoms with van der Waals surface area (Å²) in [6.45, 7) is 4.49. The summed E-state index contributed by atoms with van der Waals surface area (Å²) in [6.07, 6.45) is 5.10. The first-order valence-electron chi connectivity index (χ1n) is 5.50. The predicted octanol–water partition coefficient (Wildman–Crippen LogP) is 1.92. The Labute approximate surface area is 134 Å². The molecule has 4 nitrogen and oxygen atoms in total. The third kappa shape index (κ3) is 6.27. The summed E-state index contributed by atoms with van der Waals surface area (Å²) in [5, 5.41) is 0. The quantitative estimate of drug-likeness (QED) is 0.666. The Morgan fingerprint density at radius 3 is 2.83 bits per heavy atom. The Hall–Kier alpha value is -0.736. The molecule has 0 aliphatic rings. The van der Waals surface area contributed by atoms with Gasteiger partial charge in [-0.15, -0.1) is 11.6 Å². The van der Waals surface area contributed by atoms with Crippen molar-refractivity contribution in [2.45, 2.75) is 19.8 Å². The second kappa shape index (κ2) is 9.23. The molecule has 95 valence electrons. The molecule has 1 heterocycles. The molecule has 2 N–H and O–H groups in total. The van der Waals surface area contributed by atoms with E-state index in [4.69, 9.17) is 10.5 Å². The van der Waals surface area contributed by atoms with E-state index in [0.717, 1.165) is 5.56 Å². The van der Waals surface area contributed by atoms with Gasteiger partial charge in [0, 0.05) is 51.7 Å². The van der Waals surface area contributed by atoms with Crippen LogP contribution in [-0.2, 0) is 32.7 Å². The summed E-state index contributed by atoms with van der Waals surface area (Å²) in [5.41, 5.74) is 7.36. The summed E-state index contributed by atoms with van der Waals surface area (Å²) in [6, 6.07) is 4.86. The minimum Gasteiger partial charge on any atom is -0.529 e. The van der Waals surface area contributed by atoms with E-state index in [9.17, 15) is 0 Å². The van der Waals surface area contributed by atoms with Crippen molar-refractivity contribution in [3.8, 4) is 5.88 Å². The van der Waals surface area contributed by atoms with Crippen molar-refractivity contribution in [3.05, 3.63) is 35.7 Å². The van der Waals surface area contributed by atoms with Crippen molar-refractivity contribution in [2.24, 2.45) is 10.7 Å². The predicted molar refractivity (Wildman–Crippen MR) is 69.3 cm³/mol. The molecule has 0 bridgehead atoms. The largest absolute Gasteiger partial charge is 0.529 e. The molecule has 0 saturated heterocycles. The molecule has 0 spiro atoms. The summed E-state index contributed by atoms with van der Waals surface area (Å²) in [4.78, 5) is 7.99. The number of hydrogen-bond acceptors (Lipinski definition) is 4. The van der Waals surface area contributed by atoms with E-state index >= 15 is 0 Å². The maximum absolute atomic E-state index is 5.69. The average Bonchev–Trinajstić information content (AvgIpc) is 2.34. The van der Waals surface area contributed by atoms with Crippen molar-refractivity contribution in [2.75, 3.05) is 13.7 Å². The van der Waals surface area contributed by atoms with Gasteiger partial charge in [-0.1, -0.05) is 20.0 Å². The van der Waals surface area contributed by atoms with Crippen LogP contribution in [0.15, 0.2) is 29.0 Å². The molecule has 0 saturated carbocycles. The number of aromatic nitrogens is 1. The second-order valence-corrected chi connectivity index (χ2v) is 3.93. The Bertz CT molecular complexity index is 399. The van der Waals surface area contributed by atoms with E-state index in [1.165, 1.54) is 0 Å².